The minimum Gasteiger partial charge on any atom is -0.496 e. The summed E-state index contributed by atoms with van der Waals surface area (Å²) in [5.74, 6) is 0.886. The SMILES string of the molecule is COc1cc2c(c3c1CC[C@@](C)(CC(=O)C=C(C)C)O3)C(=O)OC2. The first-order valence-electron chi connectivity index (χ1n) is 8.09. The zero-order valence-corrected chi connectivity index (χ0v) is 14.5. The molecule has 2 aliphatic rings. The summed E-state index contributed by atoms with van der Waals surface area (Å²) in [6, 6.07) is 1.85. The number of methoxy groups -OCH3 is 1. The molecule has 2 aliphatic heterocycles. The Morgan fingerprint density at radius 2 is 2.17 bits per heavy atom. The molecule has 1 atom stereocenters. The number of esters is 1. The first kappa shape index (κ1) is 16.6. The average Bonchev–Trinajstić information content (AvgIpc) is 2.86. The van der Waals surface area contributed by atoms with E-state index in [1.165, 1.54) is 0 Å². The van der Waals surface area contributed by atoms with Crippen LogP contribution in [0.3, 0.4) is 0 Å². The molecule has 0 spiro atoms. The van der Waals surface area contributed by atoms with Gasteiger partial charge in [0, 0.05) is 17.5 Å². The maximum Gasteiger partial charge on any atom is 0.342 e. The molecular formula is C19H22O5. The molecule has 2 heterocycles. The lowest BCUT2D eigenvalue weighted by Crippen LogP contribution is -2.39. The van der Waals surface area contributed by atoms with Gasteiger partial charge in [-0.1, -0.05) is 5.57 Å². The van der Waals surface area contributed by atoms with E-state index in [-0.39, 0.29) is 24.8 Å². The van der Waals surface area contributed by atoms with Crippen LogP contribution in [0.2, 0.25) is 0 Å². The second-order valence-corrected chi connectivity index (χ2v) is 6.91. The molecule has 0 saturated heterocycles. The molecule has 24 heavy (non-hydrogen) atoms. The number of carbonyl (C=O) groups is 2. The Balaban J connectivity index is 1.98. The van der Waals surface area contributed by atoms with Crippen molar-refractivity contribution in [3.05, 3.63) is 34.4 Å². The van der Waals surface area contributed by atoms with Crippen molar-refractivity contribution in [1.82, 2.24) is 0 Å². The van der Waals surface area contributed by atoms with Gasteiger partial charge in [-0.3, -0.25) is 4.79 Å². The van der Waals surface area contributed by atoms with E-state index in [0.29, 0.717) is 29.9 Å². The van der Waals surface area contributed by atoms with Gasteiger partial charge in [0.25, 0.3) is 0 Å². The van der Waals surface area contributed by atoms with E-state index in [9.17, 15) is 9.59 Å². The summed E-state index contributed by atoms with van der Waals surface area (Å²) in [5.41, 5.74) is 2.45. The number of ketones is 1. The summed E-state index contributed by atoms with van der Waals surface area (Å²) in [5, 5.41) is 0. The second-order valence-electron chi connectivity index (χ2n) is 6.91. The molecule has 0 aliphatic carbocycles. The molecule has 0 saturated carbocycles. The molecule has 1 aromatic rings. The summed E-state index contributed by atoms with van der Waals surface area (Å²) in [6.45, 7) is 5.93. The zero-order valence-electron chi connectivity index (χ0n) is 14.5. The van der Waals surface area contributed by atoms with Crippen molar-refractivity contribution in [2.75, 3.05) is 7.11 Å². The monoisotopic (exact) mass is 330 g/mol. The van der Waals surface area contributed by atoms with Gasteiger partial charge in [-0.05, 0) is 45.8 Å². The van der Waals surface area contributed by atoms with E-state index < -0.39 is 5.60 Å². The third-order valence-electron chi connectivity index (χ3n) is 4.46. The van der Waals surface area contributed by atoms with Crippen LogP contribution in [-0.2, 0) is 22.6 Å². The highest BCUT2D eigenvalue weighted by molar-refractivity contribution is 5.97. The zero-order chi connectivity index (χ0) is 17.5. The fourth-order valence-corrected chi connectivity index (χ4v) is 3.36. The number of allylic oxidation sites excluding steroid dienone is 2. The van der Waals surface area contributed by atoms with Crippen LogP contribution in [0.25, 0.3) is 0 Å². The predicted octanol–water partition coefficient (Wildman–Crippen LogP) is 3.37. The number of rotatable bonds is 4. The van der Waals surface area contributed by atoms with Crippen LogP contribution in [0.1, 0.15) is 55.1 Å². The molecule has 0 bridgehead atoms. The molecule has 1 aromatic carbocycles. The third kappa shape index (κ3) is 2.90. The van der Waals surface area contributed by atoms with E-state index in [0.717, 1.165) is 16.7 Å². The average molecular weight is 330 g/mol. The van der Waals surface area contributed by atoms with E-state index in [1.54, 1.807) is 13.2 Å². The number of hydrogen-bond acceptors (Lipinski definition) is 5. The smallest absolute Gasteiger partial charge is 0.342 e. The molecule has 0 amide bonds. The topological polar surface area (TPSA) is 61.8 Å². The third-order valence-corrected chi connectivity index (χ3v) is 4.46. The van der Waals surface area contributed by atoms with E-state index in [2.05, 4.69) is 0 Å². The number of ether oxygens (including phenoxy) is 3. The minimum absolute atomic E-state index is 0.0306. The molecular weight excluding hydrogens is 308 g/mol. The summed E-state index contributed by atoms with van der Waals surface area (Å²) >= 11 is 0. The normalized spacial score (nSPS) is 21.2. The number of cyclic esters (lactones) is 1. The standard InChI is InChI=1S/C19H22O5/c1-11(2)7-13(20)9-19(3)6-5-14-15(22-4)8-12-10-23-18(21)16(12)17(14)24-19/h7-8H,5-6,9-10H2,1-4H3/t19-/m0/s1. The number of benzene rings is 1. The summed E-state index contributed by atoms with van der Waals surface area (Å²) in [7, 11) is 1.60. The first-order valence-corrected chi connectivity index (χ1v) is 8.09. The Hall–Kier alpha value is -2.30. The van der Waals surface area contributed by atoms with Crippen LogP contribution in [0.4, 0.5) is 0 Å². The van der Waals surface area contributed by atoms with Crippen LogP contribution in [0.5, 0.6) is 11.5 Å². The highest BCUT2D eigenvalue weighted by atomic mass is 16.5. The molecule has 128 valence electrons. The number of fused-ring (bicyclic) bond motifs is 3. The maximum atomic E-state index is 12.2. The fourth-order valence-electron chi connectivity index (χ4n) is 3.36. The van der Waals surface area contributed by atoms with Crippen LogP contribution in [0, 0.1) is 0 Å². The summed E-state index contributed by atoms with van der Waals surface area (Å²) < 4.78 is 16.8. The number of hydrogen-bond donors (Lipinski definition) is 0. The van der Waals surface area contributed by atoms with Crippen molar-refractivity contribution in [1.29, 1.82) is 0 Å². The predicted molar refractivity (Wildman–Crippen MR) is 88.5 cm³/mol. The molecule has 5 heteroatoms. The van der Waals surface area contributed by atoms with Crippen molar-refractivity contribution in [3.63, 3.8) is 0 Å². The minimum atomic E-state index is -0.640. The van der Waals surface area contributed by atoms with Gasteiger partial charge in [0.1, 0.15) is 29.3 Å². The van der Waals surface area contributed by atoms with Crippen molar-refractivity contribution in [2.45, 2.75) is 52.2 Å². The molecule has 5 nitrogen and oxygen atoms in total. The highest BCUT2D eigenvalue weighted by Gasteiger charge is 2.39. The molecule has 0 unspecified atom stereocenters. The number of carbonyl (C=O) groups excluding carboxylic acids is 2. The van der Waals surface area contributed by atoms with E-state index >= 15 is 0 Å². The lowest BCUT2D eigenvalue weighted by Gasteiger charge is -2.36. The van der Waals surface area contributed by atoms with Gasteiger partial charge in [0.2, 0.25) is 0 Å². The van der Waals surface area contributed by atoms with E-state index in [1.807, 2.05) is 26.8 Å². The highest BCUT2D eigenvalue weighted by Crippen LogP contribution is 2.45. The van der Waals surface area contributed by atoms with Crippen LogP contribution < -0.4 is 9.47 Å². The molecule has 0 aromatic heterocycles. The summed E-state index contributed by atoms with van der Waals surface area (Å²) in [6.07, 6.45) is 3.29. The first-order chi connectivity index (χ1) is 11.3. The van der Waals surface area contributed by atoms with Gasteiger partial charge >= 0.3 is 5.97 Å². The van der Waals surface area contributed by atoms with Gasteiger partial charge in [-0.25, -0.2) is 4.79 Å². The molecule has 0 N–H and O–H groups in total. The Morgan fingerprint density at radius 1 is 1.42 bits per heavy atom. The van der Waals surface area contributed by atoms with Crippen molar-refractivity contribution >= 4 is 11.8 Å². The Labute approximate surface area is 141 Å². The molecule has 0 fully saturated rings. The van der Waals surface area contributed by atoms with Gasteiger partial charge in [-0.2, -0.15) is 0 Å². The van der Waals surface area contributed by atoms with Gasteiger partial charge < -0.3 is 14.2 Å². The van der Waals surface area contributed by atoms with Crippen molar-refractivity contribution < 1.29 is 23.8 Å². The molecule has 0 radical (unpaired) electrons. The van der Waals surface area contributed by atoms with Crippen LogP contribution >= 0.6 is 0 Å². The van der Waals surface area contributed by atoms with Gasteiger partial charge in [0.05, 0.1) is 7.11 Å². The fraction of sp³-hybridized carbons (Fsp3) is 0.474. The lowest BCUT2D eigenvalue weighted by molar-refractivity contribution is -0.118. The van der Waals surface area contributed by atoms with Crippen LogP contribution in [-0.4, -0.2) is 24.5 Å². The Morgan fingerprint density at radius 3 is 2.83 bits per heavy atom. The Kier molecular flexibility index (Phi) is 4.11. The van der Waals surface area contributed by atoms with E-state index in [4.69, 9.17) is 14.2 Å². The second kappa shape index (κ2) is 5.96. The lowest BCUT2D eigenvalue weighted by atomic mass is 9.86. The van der Waals surface area contributed by atoms with Crippen molar-refractivity contribution in [3.8, 4) is 11.5 Å². The van der Waals surface area contributed by atoms with Crippen molar-refractivity contribution in [2.24, 2.45) is 0 Å². The largest absolute Gasteiger partial charge is 0.496 e. The quantitative estimate of drug-likeness (QED) is 0.625. The maximum absolute atomic E-state index is 12.2. The van der Waals surface area contributed by atoms with Gasteiger partial charge in [0.15, 0.2) is 5.78 Å². The summed E-state index contributed by atoms with van der Waals surface area (Å²) in [4.78, 5) is 24.3. The van der Waals surface area contributed by atoms with Crippen LogP contribution in [0.15, 0.2) is 17.7 Å². The Bertz CT molecular complexity index is 743. The van der Waals surface area contributed by atoms with Gasteiger partial charge in [-0.15, -0.1) is 0 Å². The molecule has 3 rings (SSSR count).